The SMILES string of the molecule is CCc1ccc(Cn2c(CCl)nc3cc(I)ccc32)cc1. The predicted molar refractivity (Wildman–Crippen MR) is 96.9 cm³/mol. The average Bonchev–Trinajstić information content (AvgIpc) is 2.85. The van der Waals surface area contributed by atoms with Crippen molar-refractivity contribution >= 4 is 45.2 Å². The summed E-state index contributed by atoms with van der Waals surface area (Å²) in [6.07, 6.45) is 1.07. The van der Waals surface area contributed by atoms with Gasteiger partial charge in [0, 0.05) is 10.1 Å². The van der Waals surface area contributed by atoms with Gasteiger partial charge in [-0.15, -0.1) is 11.6 Å². The zero-order valence-electron chi connectivity index (χ0n) is 11.8. The van der Waals surface area contributed by atoms with E-state index in [9.17, 15) is 0 Å². The van der Waals surface area contributed by atoms with Crippen molar-refractivity contribution in [3.05, 3.63) is 63.0 Å². The number of rotatable bonds is 4. The molecule has 0 unspecified atom stereocenters. The molecule has 0 saturated carbocycles. The molecule has 0 aliphatic rings. The third-order valence-electron chi connectivity index (χ3n) is 3.68. The van der Waals surface area contributed by atoms with E-state index in [0.717, 1.165) is 29.8 Å². The summed E-state index contributed by atoms with van der Waals surface area (Å²) in [6.45, 7) is 2.98. The van der Waals surface area contributed by atoms with Gasteiger partial charge in [-0.2, -0.15) is 0 Å². The van der Waals surface area contributed by atoms with Crippen molar-refractivity contribution in [2.75, 3.05) is 0 Å². The molecular weight excluding hydrogens is 395 g/mol. The number of hydrogen-bond acceptors (Lipinski definition) is 1. The monoisotopic (exact) mass is 410 g/mol. The summed E-state index contributed by atoms with van der Waals surface area (Å²) in [5, 5.41) is 0. The first-order valence-corrected chi connectivity index (χ1v) is 8.61. The Kier molecular flexibility index (Phi) is 4.50. The Hall–Kier alpha value is -1.07. The van der Waals surface area contributed by atoms with Gasteiger partial charge in [0.15, 0.2) is 0 Å². The zero-order valence-corrected chi connectivity index (χ0v) is 14.7. The highest BCUT2D eigenvalue weighted by molar-refractivity contribution is 14.1. The van der Waals surface area contributed by atoms with Crippen LogP contribution in [0.2, 0.25) is 0 Å². The molecule has 21 heavy (non-hydrogen) atoms. The van der Waals surface area contributed by atoms with Crippen LogP contribution in [0.1, 0.15) is 23.9 Å². The molecule has 0 aliphatic carbocycles. The van der Waals surface area contributed by atoms with Crippen LogP contribution in [0.3, 0.4) is 0 Å². The number of imidazole rings is 1. The second-order valence-electron chi connectivity index (χ2n) is 5.05. The number of hydrogen-bond donors (Lipinski definition) is 0. The lowest BCUT2D eigenvalue weighted by atomic mass is 10.1. The summed E-state index contributed by atoms with van der Waals surface area (Å²) in [5.74, 6) is 1.35. The van der Waals surface area contributed by atoms with Crippen LogP contribution in [0.5, 0.6) is 0 Å². The number of halogens is 2. The molecule has 0 bridgehead atoms. The van der Waals surface area contributed by atoms with Crippen molar-refractivity contribution in [2.45, 2.75) is 25.8 Å². The van der Waals surface area contributed by atoms with Crippen LogP contribution in [-0.4, -0.2) is 9.55 Å². The van der Waals surface area contributed by atoms with Gasteiger partial charge < -0.3 is 4.57 Å². The van der Waals surface area contributed by atoms with Gasteiger partial charge >= 0.3 is 0 Å². The number of aryl methyl sites for hydroxylation is 1. The third kappa shape index (κ3) is 3.09. The zero-order chi connectivity index (χ0) is 14.8. The molecule has 0 N–H and O–H groups in total. The predicted octanol–water partition coefficient (Wildman–Crippen LogP) is 4.99. The molecule has 0 aliphatic heterocycles. The van der Waals surface area contributed by atoms with E-state index < -0.39 is 0 Å². The van der Waals surface area contributed by atoms with Crippen LogP contribution in [0.4, 0.5) is 0 Å². The number of fused-ring (bicyclic) bond motifs is 1. The molecule has 4 heteroatoms. The van der Waals surface area contributed by atoms with Crippen LogP contribution < -0.4 is 0 Å². The van der Waals surface area contributed by atoms with Gasteiger partial charge in [-0.05, 0) is 58.3 Å². The first-order valence-electron chi connectivity index (χ1n) is 6.99. The smallest absolute Gasteiger partial charge is 0.125 e. The largest absolute Gasteiger partial charge is 0.322 e. The van der Waals surface area contributed by atoms with E-state index in [1.807, 2.05) is 0 Å². The van der Waals surface area contributed by atoms with Crippen LogP contribution in [0.15, 0.2) is 42.5 Å². The number of benzene rings is 2. The topological polar surface area (TPSA) is 17.8 Å². The van der Waals surface area contributed by atoms with Crippen molar-refractivity contribution in [3.63, 3.8) is 0 Å². The molecule has 0 atom stereocenters. The molecule has 0 amide bonds. The van der Waals surface area contributed by atoms with Crippen LogP contribution >= 0.6 is 34.2 Å². The second kappa shape index (κ2) is 6.36. The molecule has 0 spiro atoms. The minimum absolute atomic E-state index is 0.429. The third-order valence-corrected chi connectivity index (χ3v) is 4.59. The van der Waals surface area contributed by atoms with Crippen molar-refractivity contribution in [2.24, 2.45) is 0 Å². The lowest BCUT2D eigenvalue weighted by Gasteiger charge is -2.08. The molecule has 2 nitrogen and oxygen atoms in total. The Bertz CT molecular complexity index is 762. The summed E-state index contributed by atoms with van der Waals surface area (Å²) in [7, 11) is 0. The molecule has 108 valence electrons. The normalized spacial score (nSPS) is 11.2. The van der Waals surface area contributed by atoms with Gasteiger partial charge in [0.1, 0.15) is 5.82 Å². The Balaban J connectivity index is 2.01. The van der Waals surface area contributed by atoms with Crippen molar-refractivity contribution in [1.82, 2.24) is 9.55 Å². The Morgan fingerprint density at radius 1 is 1.10 bits per heavy atom. The molecule has 2 aromatic carbocycles. The molecule has 1 aromatic heterocycles. The molecule has 1 heterocycles. The Labute approximate surface area is 143 Å². The summed E-state index contributed by atoms with van der Waals surface area (Å²) in [5.41, 5.74) is 4.80. The molecule has 0 radical (unpaired) electrons. The quantitative estimate of drug-likeness (QED) is 0.438. The van der Waals surface area contributed by atoms with Crippen LogP contribution in [-0.2, 0) is 18.8 Å². The number of nitrogens with zero attached hydrogens (tertiary/aromatic N) is 2. The Morgan fingerprint density at radius 3 is 2.48 bits per heavy atom. The first-order chi connectivity index (χ1) is 10.2. The van der Waals surface area contributed by atoms with E-state index in [-0.39, 0.29) is 0 Å². The molecular formula is C17H16ClIN2. The van der Waals surface area contributed by atoms with Crippen molar-refractivity contribution in [1.29, 1.82) is 0 Å². The van der Waals surface area contributed by atoms with Crippen LogP contribution in [0, 0.1) is 3.57 Å². The number of aromatic nitrogens is 2. The van der Waals surface area contributed by atoms with Gasteiger partial charge in [0.2, 0.25) is 0 Å². The van der Waals surface area contributed by atoms with Gasteiger partial charge in [0.05, 0.1) is 16.9 Å². The fourth-order valence-electron chi connectivity index (χ4n) is 2.49. The maximum Gasteiger partial charge on any atom is 0.125 e. The first kappa shape index (κ1) is 14.9. The van der Waals surface area contributed by atoms with E-state index in [2.05, 4.69) is 81.5 Å². The van der Waals surface area contributed by atoms with E-state index >= 15 is 0 Å². The summed E-state index contributed by atoms with van der Waals surface area (Å²) >= 11 is 8.38. The van der Waals surface area contributed by atoms with Crippen molar-refractivity contribution in [3.8, 4) is 0 Å². The highest BCUT2D eigenvalue weighted by Gasteiger charge is 2.10. The Morgan fingerprint density at radius 2 is 1.81 bits per heavy atom. The highest BCUT2D eigenvalue weighted by Crippen LogP contribution is 2.21. The highest BCUT2D eigenvalue weighted by atomic mass is 127. The molecule has 3 aromatic rings. The summed E-state index contributed by atoms with van der Waals surface area (Å²) in [6, 6.07) is 15.1. The maximum absolute atomic E-state index is 6.07. The minimum Gasteiger partial charge on any atom is -0.322 e. The van der Waals surface area contributed by atoms with Gasteiger partial charge in [-0.1, -0.05) is 31.2 Å². The van der Waals surface area contributed by atoms with E-state index in [0.29, 0.717) is 5.88 Å². The standard InChI is InChI=1S/C17H16ClIN2/c1-2-12-3-5-13(6-4-12)11-21-16-8-7-14(19)9-15(16)20-17(21)10-18/h3-9H,2,10-11H2,1H3. The van der Waals surface area contributed by atoms with Gasteiger partial charge in [0.25, 0.3) is 0 Å². The van der Waals surface area contributed by atoms with E-state index in [4.69, 9.17) is 11.6 Å². The minimum atomic E-state index is 0.429. The second-order valence-corrected chi connectivity index (χ2v) is 6.56. The van der Waals surface area contributed by atoms with E-state index in [1.165, 1.54) is 14.7 Å². The van der Waals surface area contributed by atoms with E-state index in [1.54, 1.807) is 0 Å². The summed E-state index contributed by atoms with van der Waals surface area (Å²) < 4.78 is 3.40. The lowest BCUT2D eigenvalue weighted by molar-refractivity contribution is 0.778. The maximum atomic E-state index is 6.07. The average molecular weight is 411 g/mol. The van der Waals surface area contributed by atoms with Gasteiger partial charge in [-0.25, -0.2) is 4.98 Å². The lowest BCUT2D eigenvalue weighted by Crippen LogP contribution is -2.03. The van der Waals surface area contributed by atoms with Crippen LogP contribution in [0.25, 0.3) is 11.0 Å². The molecule has 0 fully saturated rings. The fraction of sp³-hybridized carbons (Fsp3) is 0.235. The fourth-order valence-corrected chi connectivity index (χ4v) is 3.17. The van der Waals surface area contributed by atoms with Gasteiger partial charge in [-0.3, -0.25) is 0 Å². The summed E-state index contributed by atoms with van der Waals surface area (Å²) in [4.78, 5) is 4.65. The molecule has 0 saturated heterocycles. The number of alkyl halides is 1. The van der Waals surface area contributed by atoms with Crippen molar-refractivity contribution < 1.29 is 0 Å². The molecule has 3 rings (SSSR count).